The third-order valence-electron chi connectivity index (χ3n) is 2.32. The molecule has 0 nitrogen and oxygen atoms in total. The van der Waals surface area contributed by atoms with Crippen LogP contribution in [0, 0.1) is 11.8 Å². The van der Waals surface area contributed by atoms with Crippen molar-refractivity contribution >= 4 is 0 Å². The Morgan fingerprint density at radius 3 is 2.33 bits per heavy atom. The highest BCUT2D eigenvalue weighted by atomic mass is 19.4. The van der Waals surface area contributed by atoms with Gasteiger partial charge in [-0.25, -0.2) is 0 Å². The predicted molar refractivity (Wildman–Crippen MR) is 41.7 cm³/mol. The summed E-state index contributed by atoms with van der Waals surface area (Å²) in [5.41, 5.74) is 0.746. The van der Waals surface area contributed by atoms with Gasteiger partial charge in [0.15, 0.2) is 0 Å². The summed E-state index contributed by atoms with van der Waals surface area (Å²) < 4.78 is 36.7. The Labute approximate surface area is 70.5 Å². The predicted octanol–water partition coefficient (Wildman–Crippen LogP) is 3.54. The van der Waals surface area contributed by atoms with Crippen LogP contribution >= 0.6 is 0 Å². The Morgan fingerprint density at radius 1 is 1.33 bits per heavy atom. The molecule has 1 aliphatic rings. The van der Waals surface area contributed by atoms with E-state index >= 15 is 0 Å². The molecule has 1 fully saturated rings. The van der Waals surface area contributed by atoms with Crippen molar-refractivity contribution in [2.45, 2.75) is 32.4 Å². The van der Waals surface area contributed by atoms with Crippen molar-refractivity contribution in [2.75, 3.05) is 0 Å². The topological polar surface area (TPSA) is 0 Å². The van der Waals surface area contributed by atoms with E-state index in [4.69, 9.17) is 0 Å². The third kappa shape index (κ3) is 2.26. The molecule has 1 aliphatic carbocycles. The molecule has 0 N–H and O–H groups in total. The SMILES string of the molecule is C=C1CC(C)CC(C(F)(F)F)C1. The second kappa shape index (κ2) is 3.11. The van der Waals surface area contributed by atoms with Gasteiger partial charge in [-0.2, -0.15) is 13.2 Å². The van der Waals surface area contributed by atoms with Crippen molar-refractivity contribution in [1.82, 2.24) is 0 Å². The molecule has 0 aliphatic heterocycles. The van der Waals surface area contributed by atoms with Gasteiger partial charge in [0, 0.05) is 0 Å². The van der Waals surface area contributed by atoms with Gasteiger partial charge in [-0.15, -0.1) is 0 Å². The molecular formula is C9H13F3. The van der Waals surface area contributed by atoms with Crippen molar-refractivity contribution in [1.29, 1.82) is 0 Å². The summed E-state index contributed by atoms with van der Waals surface area (Å²) in [6.07, 6.45) is -2.87. The van der Waals surface area contributed by atoms with Crippen LogP contribution in [0.4, 0.5) is 13.2 Å². The maximum Gasteiger partial charge on any atom is 0.392 e. The Morgan fingerprint density at radius 2 is 1.92 bits per heavy atom. The number of alkyl halides is 3. The normalized spacial score (nSPS) is 32.2. The van der Waals surface area contributed by atoms with E-state index in [-0.39, 0.29) is 18.8 Å². The standard InChI is InChI=1S/C9H13F3/c1-6-3-7(2)5-8(4-6)9(10,11)12/h7-8H,1,3-5H2,2H3. The monoisotopic (exact) mass is 178 g/mol. The van der Waals surface area contributed by atoms with Crippen LogP contribution in [0.15, 0.2) is 12.2 Å². The molecule has 2 atom stereocenters. The first-order valence-corrected chi connectivity index (χ1v) is 4.13. The Kier molecular flexibility index (Phi) is 2.49. The average Bonchev–Trinajstić information content (AvgIpc) is 1.82. The first-order chi connectivity index (χ1) is 5.39. The van der Waals surface area contributed by atoms with Crippen molar-refractivity contribution in [3.05, 3.63) is 12.2 Å². The van der Waals surface area contributed by atoms with Gasteiger partial charge in [0.25, 0.3) is 0 Å². The second-order valence-electron chi connectivity index (χ2n) is 3.74. The lowest BCUT2D eigenvalue weighted by Crippen LogP contribution is -2.28. The Bertz CT molecular complexity index is 181. The molecule has 2 unspecified atom stereocenters. The molecule has 70 valence electrons. The molecule has 0 heterocycles. The highest BCUT2D eigenvalue weighted by molar-refractivity contribution is 5.02. The molecule has 1 saturated carbocycles. The van der Waals surface area contributed by atoms with E-state index in [1.54, 1.807) is 0 Å². The minimum Gasteiger partial charge on any atom is -0.171 e. The van der Waals surface area contributed by atoms with Crippen LogP contribution in [-0.2, 0) is 0 Å². The third-order valence-corrected chi connectivity index (χ3v) is 2.32. The van der Waals surface area contributed by atoms with Gasteiger partial charge in [-0.1, -0.05) is 19.1 Å². The van der Waals surface area contributed by atoms with Crippen molar-refractivity contribution in [3.8, 4) is 0 Å². The van der Waals surface area contributed by atoms with Gasteiger partial charge in [-0.3, -0.25) is 0 Å². The summed E-state index contributed by atoms with van der Waals surface area (Å²) in [5, 5.41) is 0. The van der Waals surface area contributed by atoms with E-state index in [1.807, 2.05) is 6.92 Å². The number of allylic oxidation sites excluding steroid dienone is 1. The number of rotatable bonds is 0. The van der Waals surface area contributed by atoms with E-state index in [9.17, 15) is 13.2 Å². The highest BCUT2D eigenvalue weighted by Gasteiger charge is 2.42. The molecule has 0 radical (unpaired) electrons. The smallest absolute Gasteiger partial charge is 0.171 e. The second-order valence-corrected chi connectivity index (χ2v) is 3.74. The molecule has 0 bridgehead atoms. The molecule has 3 heteroatoms. The van der Waals surface area contributed by atoms with Gasteiger partial charge in [0.05, 0.1) is 5.92 Å². The van der Waals surface area contributed by atoms with Crippen molar-refractivity contribution < 1.29 is 13.2 Å². The van der Waals surface area contributed by atoms with E-state index in [0.29, 0.717) is 0 Å². The first-order valence-electron chi connectivity index (χ1n) is 4.13. The lowest BCUT2D eigenvalue weighted by molar-refractivity contribution is -0.181. The van der Waals surface area contributed by atoms with Gasteiger partial charge in [0.1, 0.15) is 0 Å². The van der Waals surface area contributed by atoms with Gasteiger partial charge >= 0.3 is 6.18 Å². The van der Waals surface area contributed by atoms with Crippen LogP contribution in [0.5, 0.6) is 0 Å². The van der Waals surface area contributed by atoms with Crippen molar-refractivity contribution in [3.63, 3.8) is 0 Å². The van der Waals surface area contributed by atoms with Crippen LogP contribution < -0.4 is 0 Å². The van der Waals surface area contributed by atoms with Gasteiger partial charge < -0.3 is 0 Å². The minimum absolute atomic E-state index is 0.133. The molecular weight excluding hydrogens is 165 g/mol. The van der Waals surface area contributed by atoms with E-state index < -0.39 is 12.1 Å². The maximum absolute atomic E-state index is 12.2. The summed E-state index contributed by atoms with van der Waals surface area (Å²) in [4.78, 5) is 0. The molecule has 1 rings (SSSR count). The van der Waals surface area contributed by atoms with Crippen molar-refractivity contribution in [2.24, 2.45) is 11.8 Å². The largest absolute Gasteiger partial charge is 0.392 e. The van der Waals surface area contributed by atoms with Crippen LogP contribution in [0.25, 0.3) is 0 Å². The zero-order valence-electron chi connectivity index (χ0n) is 7.12. The zero-order chi connectivity index (χ0) is 9.35. The van der Waals surface area contributed by atoms with Crippen LogP contribution in [0.2, 0.25) is 0 Å². The maximum atomic E-state index is 12.2. The lowest BCUT2D eigenvalue weighted by atomic mass is 9.80. The zero-order valence-corrected chi connectivity index (χ0v) is 7.12. The molecule has 0 aromatic rings. The van der Waals surface area contributed by atoms with Crippen LogP contribution in [-0.4, -0.2) is 6.18 Å². The summed E-state index contributed by atoms with van der Waals surface area (Å²) in [6.45, 7) is 5.48. The molecule has 0 spiro atoms. The average molecular weight is 178 g/mol. The molecule has 0 saturated heterocycles. The molecule has 12 heavy (non-hydrogen) atoms. The molecule has 0 aromatic heterocycles. The summed E-state index contributed by atoms with van der Waals surface area (Å²) in [5.74, 6) is -1.01. The number of hydrogen-bond acceptors (Lipinski definition) is 0. The summed E-state index contributed by atoms with van der Waals surface area (Å²) in [7, 11) is 0. The van der Waals surface area contributed by atoms with Crippen LogP contribution in [0.1, 0.15) is 26.2 Å². The first kappa shape index (κ1) is 9.62. The fourth-order valence-corrected chi connectivity index (χ4v) is 1.83. The quantitative estimate of drug-likeness (QED) is 0.498. The van der Waals surface area contributed by atoms with Gasteiger partial charge in [0.2, 0.25) is 0 Å². The van der Waals surface area contributed by atoms with Gasteiger partial charge in [-0.05, 0) is 25.2 Å². The van der Waals surface area contributed by atoms with E-state index in [0.717, 1.165) is 12.0 Å². The lowest BCUT2D eigenvalue weighted by Gasteiger charge is -2.29. The summed E-state index contributed by atoms with van der Waals surface area (Å²) >= 11 is 0. The highest BCUT2D eigenvalue weighted by Crippen LogP contribution is 2.41. The molecule has 0 aromatic carbocycles. The van der Waals surface area contributed by atoms with E-state index in [1.165, 1.54) is 0 Å². The molecule has 0 amide bonds. The fourth-order valence-electron chi connectivity index (χ4n) is 1.83. The van der Waals surface area contributed by atoms with Crippen LogP contribution in [0.3, 0.4) is 0 Å². The minimum atomic E-state index is -4.03. The summed E-state index contributed by atoms with van der Waals surface area (Å²) in [6, 6.07) is 0. The fraction of sp³-hybridized carbons (Fsp3) is 0.778. The number of hydrogen-bond donors (Lipinski definition) is 0. The number of halogens is 3. The Balaban J connectivity index is 2.62. The Hall–Kier alpha value is -0.470. The van der Waals surface area contributed by atoms with E-state index in [2.05, 4.69) is 6.58 Å².